The predicted molar refractivity (Wildman–Crippen MR) is 71.8 cm³/mol. The van der Waals surface area contributed by atoms with Crippen LogP contribution in [0.5, 0.6) is 5.75 Å². The molecule has 0 N–H and O–H groups in total. The van der Waals surface area contributed by atoms with E-state index in [9.17, 15) is 22.0 Å². The first-order valence-electron chi connectivity index (χ1n) is 6.48. The minimum Gasteiger partial charge on any atom is -0.416 e. The smallest absolute Gasteiger partial charge is 0.416 e. The van der Waals surface area contributed by atoms with Gasteiger partial charge in [-0.3, -0.25) is 0 Å². The Kier molecular flexibility index (Phi) is 3.92. The third-order valence-corrected chi connectivity index (χ3v) is 2.94. The van der Waals surface area contributed by atoms with Gasteiger partial charge in [-0.25, -0.2) is 8.78 Å². The van der Waals surface area contributed by atoms with Crippen molar-refractivity contribution >= 4 is 0 Å². The predicted octanol–water partition coefficient (Wildman–Crippen LogP) is 4.58. The third-order valence-electron chi connectivity index (χ3n) is 2.94. The Morgan fingerprint density at radius 2 is 1.46 bits per heavy atom. The van der Waals surface area contributed by atoms with Crippen molar-refractivity contribution in [2.24, 2.45) is 0 Å². The van der Waals surface area contributed by atoms with E-state index in [0.717, 1.165) is 24.3 Å². The van der Waals surface area contributed by atoms with Crippen molar-refractivity contribution in [3.8, 4) is 28.7 Å². The molecule has 2 aromatic carbocycles. The van der Waals surface area contributed by atoms with Crippen molar-refractivity contribution in [3.05, 3.63) is 54.1 Å². The van der Waals surface area contributed by atoms with E-state index in [-0.39, 0.29) is 11.5 Å². The molecule has 0 amide bonds. The van der Waals surface area contributed by atoms with Crippen LogP contribution in [0, 0.1) is 11.6 Å². The van der Waals surface area contributed by atoms with Crippen molar-refractivity contribution in [2.75, 3.05) is 0 Å². The van der Waals surface area contributed by atoms with Gasteiger partial charge in [-0.1, -0.05) is 18.2 Å². The van der Waals surface area contributed by atoms with Gasteiger partial charge in [0.1, 0.15) is 22.9 Å². The van der Waals surface area contributed by atoms with Crippen LogP contribution in [0.2, 0.25) is 0 Å². The molecule has 0 radical (unpaired) electrons. The van der Waals surface area contributed by atoms with Crippen molar-refractivity contribution in [3.63, 3.8) is 0 Å². The first-order valence-corrected chi connectivity index (χ1v) is 6.48. The zero-order valence-corrected chi connectivity index (χ0v) is 11.6. The summed E-state index contributed by atoms with van der Waals surface area (Å²) in [5.74, 6) is -3.32. The van der Waals surface area contributed by atoms with Crippen LogP contribution in [0.1, 0.15) is 0 Å². The molecule has 0 saturated carbocycles. The Balaban J connectivity index is 2.03. The summed E-state index contributed by atoms with van der Waals surface area (Å²) in [6.07, 6.45) is -4.92. The fourth-order valence-electron chi connectivity index (χ4n) is 1.99. The zero-order valence-electron chi connectivity index (χ0n) is 11.6. The van der Waals surface area contributed by atoms with E-state index in [1.54, 1.807) is 0 Å². The summed E-state index contributed by atoms with van der Waals surface area (Å²) in [5, 5.41) is 7.03. The summed E-state index contributed by atoms with van der Waals surface area (Å²) in [5.41, 5.74) is -0.726. The van der Waals surface area contributed by atoms with Crippen molar-refractivity contribution in [1.82, 2.24) is 10.2 Å². The lowest BCUT2D eigenvalue weighted by atomic mass is 10.2. The molecule has 0 aliphatic heterocycles. The number of aromatic nitrogens is 2. The average molecular weight is 342 g/mol. The highest BCUT2D eigenvalue weighted by Crippen LogP contribution is 2.34. The molecule has 0 aliphatic carbocycles. The largest absolute Gasteiger partial charge is 0.573 e. The second-order valence-corrected chi connectivity index (χ2v) is 4.55. The molecule has 0 unspecified atom stereocenters. The van der Waals surface area contributed by atoms with E-state index in [1.807, 2.05) is 0 Å². The maximum Gasteiger partial charge on any atom is 0.573 e. The molecule has 3 aromatic rings. The SMILES string of the molecule is Fc1cccc(F)c1-c1nnc(-c2ccccc2OC(F)(F)F)o1. The number of hydrogen-bond acceptors (Lipinski definition) is 4. The molecule has 124 valence electrons. The molecule has 0 atom stereocenters. The van der Waals surface area contributed by atoms with Crippen LogP contribution in [-0.2, 0) is 0 Å². The molecule has 9 heteroatoms. The summed E-state index contributed by atoms with van der Waals surface area (Å²) in [7, 11) is 0. The van der Waals surface area contributed by atoms with Gasteiger partial charge in [-0.05, 0) is 24.3 Å². The minimum atomic E-state index is -4.92. The van der Waals surface area contributed by atoms with E-state index in [4.69, 9.17) is 4.42 Å². The highest BCUT2D eigenvalue weighted by Gasteiger charge is 2.33. The first-order chi connectivity index (χ1) is 11.3. The molecule has 1 aromatic heterocycles. The second kappa shape index (κ2) is 5.91. The number of para-hydroxylation sites is 1. The Hall–Kier alpha value is -2.97. The quantitative estimate of drug-likeness (QED) is 0.654. The first kappa shape index (κ1) is 15.9. The lowest BCUT2D eigenvalue weighted by Crippen LogP contribution is -2.17. The van der Waals surface area contributed by atoms with E-state index in [2.05, 4.69) is 14.9 Å². The Morgan fingerprint density at radius 1 is 0.833 bits per heavy atom. The van der Waals surface area contributed by atoms with E-state index < -0.39 is 35.2 Å². The van der Waals surface area contributed by atoms with Crippen LogP contribution in [0.4, 0.5) is 22.0 Å². The van der Waals surface area contributed by atoms with Crippen molar-refractivity contribution < 1.29 is 31.1 Å². The molecule has 0 fully saturated rings. The number of ether oxygens (including phenoxy) is 1. The van der Waals surface area contributed by atoms with Gasteiger partial charge in [0, 0.05) is 0 Å². The topological polar surface area (TPSA) is 48.2 Å². The van der Waals surface area contributed by atoms with Gasteiger partial charge >= 0.3 is 6.36 Å². The average Bonchev–Trinajstić information content (AvgIpc) is 2.95. The molecule has 4 nitrogen and oxygen atoms in total. The van der Waals surface area contributed by atoms with Crippen LogP contribution in [-0.4, -0.2) is 16.6 Å². The Bertz CT molecular complexity index is 856. The van der Waals surface area contributed by atoms with E-state index >= 15 is 0 Å². The van der Waals surface area contributed by atoms with Gasteiger partial charge in [0.15, 0.2) is 0 Å². The minimum absolute atomic E-state index is 0.162. The fraction of sp³-hybridized carbons (Fsp3) is 0.0667. The highest BCUT2D eigenvalue weighted by molar-refractivity contribution is 5.64. The van der Waals surface area contributed by atoms with Gasteiger partial charge in [0.2, 0.25) is 0 Å². The fourth-order valence-corrected chi connectivity index (χ4v) is 1.99. The van der Waals surface area contributed by atoms with Crippen molar-refractivity contribution in [1.29, 1.82) is 0 Å². The van der Waals surface area contributed by atoms with Crippen LogP contribution < -0.4 is 4.74 Å². The molecular weight excluding hydrogens is 335 g/mol. The number of benzene rings is 2. The van der Waals surface area contributed by atoms with Gasteiger partial charge < -0.3 is 9.15 Å². The maximum absolute atomic E-state index is 13.7. The lowest BCUT2D eigenvalue weighted by Gasteiger charge is -2.10. The molecule has 0 spiro atoms. The molecule has 3 rings (SSSR count). The monoisotopic (exact) mass is 342 g/mol. The summed E-state index contributed by atoms with van der Waals surface area (Å²) < 4.78 is 73.7. The lowest BCUT2D eigenvalue weighted by molar-refractivity contribution is -0.274. The van der Waals surface area contributed by atoms with Gasteiger partial charge in [0.25, 0.3) is 11.8 Å². The number of halogens is 5. The normalized spacial score (nSPS) is 11.5. The van der Waals surface area contributed by atoms with E-state index in [0.29, 0.717) is 0 Å². The molecule has 0 bridgehead atoms. The third kappa shape index (κ3) is 3.19. The van der Waals surface area contributed by atoms with Gasteiger partial charge in [-0.2, -0.15) is 0 Å². The Labute approximate surface area is 131 Å². The molecule has 0 saturated heterocycles. The zero-order chi connectivity index (χ0) is 17.3. The van der Waals surface area contributed by atoms with Crippen LogP contribution >= 0.6 is 0 Å². The van der Waals surface area contributed by atoms with Crippen molar-refractivity contribution in [2.45, 2.75) is 6.36 Å². The molecule has 24 heavy (non-hydrogen) atoms. The molecule has 0 aliphatic rings. The standard InChI is InChI=1S/C15H7F5N2O2/c16-9-5-3-6-10(17)12(9)14-22-21-13(23-14)8-4-1-2-7-11(8)24-15(18,19)20/h1-7H. The van der Waals surface area contributed by atoms with Crippen LogP contribution in [0.15, 0.2) is 46.9 Å². The number of alkyl halides is 3. The van der Waals surface area contributed by atoms with Gasteiger partial charge in [0.05, 0.1) is 5.56 Å². The summed E-state index contributed by atoms with van der Waals surface area (Å²) in [4.78, 5) is 0. The maximum atomic E-state index is 13.7. The summed E-state index contributed by atoms with van der Waals surface area (Å²) >= 11 is 0. The summed E-state index contributed by atoms with van der Waals surface area (Å²) in [6.45, 7) is 0. The van der Waals surface area contributed by atoms with Gasteiger partial charge in [-0.15, -0.1) is 23.4 Å². The number of hydrogen-bond donors (Lipinski definition) is 0. The van der Waals surface area contributed by atoms with Crippen LogP contribution in [0.3, 0.4) is 0 Å². The van der Waals surface area contributed by atoms with E-state index in [1.165, 1.54) is 18.2 Å². The number of nitrogens with zero attached hydrogens (tertiary/aromatic N) is 2. The summed E-state index contributed by atoms with van der Waals surface area (Å²) in [6, 6.07) is 8.17. The molecule has 1 heterocycles. The Morgan fingerprint density at radius 3 is 2.12 bits per heavy atom. The second-order valence-electron chi connectivity index (χ2n) is 4.55. The number of rotatable bonds is 3. The highest BCUT2D eigenvalue weighted by atomic mass is 19.4. The molecular formula is C15H7F5N2O2. The van der Waals surface area contributed by atoms with Crippen LogP contribution in [0.25, 0.3) is 22.9 Å².